The molecule has 1 aromatic carbocycles. The maximum absolute atomic E-state index is 11.6. The number of aromatic nitrogens is 4. The normalized spacial score (nSPS) is 13.9. The van der Waals surface area contributed by atoms with Crippen LogP contribution in [0.5, 0.6) is 0 Å². The molecule has 6 nitrogen and oxygen atoms in total. The molecule has 0 amide bonds. The molecule has 26 heavy (non-hydrogen) atoms. The van der Waals surface area contributed by atoms with Crippen LogP contribution in [0.1, 0.15) is 33.6 Å². The van der Waals surface area contributed by atoms with E-state index < -0.39 is 0 Å². The zero-order valence-electron chi connectivity index (χ0n) is 14.2. The number of rotatable bonds is 2. The highest BCUT2D eigenvalue weighted by Crippen LogP contribution is 2.37. The molecule has 1 aliphatic carbocycles. The van der Waals surface area contributed by atoms with Gasteiger partial charge in [-0.15, -0.1) is 21.5 Å². The van der Waals surface area contributed by atoms with E-state index in [9.17, 15) is 4.79 Å². The summed E-state index contributed by atoms with van der Waals surface area (Å²) in [6.45, 7) is 0. The van der Waals surface area contributed by atoms with Gasteiger partial charge in [0.05, 0.1) is 18.1 Å². The first-order valence-electron chi connectivity index (χ1n) is 8.59. The molecule has 5 rings (SSSR count). The number of methoxy groups -OCH3 is 1. The first kappa shape index (κ1) is 15.5. The molecule has 0 N–H and O–H groups in total. The van der Waals surface area contributed by atoms with Crippen LogP contribution in [0.3, 0.4) is 0 Å². The van der Waals surface area contributed by atoms with E-state index in [-0.39, 0.29) is 5.97 Å². The Kier molecular flexibility index (Phi) is 3.49. The van der Waals surface area contributed by atoms with Crippen molar-refractivity contribution in [3.63, 3.8) is 0 Å². The van der Waals surface area contributed by atoms with Crippen molar-refractivity contribution in [2.45, 2.75) is 25.7 Å². The molecule has 0 bridgehead atoms. The summed E-state index contributed by atoms with van der Waals surface area (Å²) in [4.78, 5) is 18.8. The summed E-state index contributed by atoms with van der Waals surface area (Å²) < 4.78 is 6.69. The average Bonchev–Trinajstić information content (AvgIpc) is 3.28. The van der Waals surface area contributed by atoms with Crippen LogP contribution in [-0.4, -0.2) is 32.7 Å². The molecular formula is C19H16N4O2S. The molecule has 0 aliphatic heterocycles. The molecule has 0 atom stereocenters. The number of carbonyl (C=O) groups excluding carboxylic acids is 1. The predicted molar refractivity (Wildman–Crippen MR) is 99.6 cm³/mol. The fourth-order valence-corrected chi connectivity index (χ4v) is 4.85. The second-order valence-electron chi connectivity index (χ2n) is 6.42. The van der Waals surface area contributed by atoms with E-state index in [0.29, 0.717) is 5.56 Å². The maximum Gasteiger partial charge on any atom is 0.337 e. The second kappa shape index (κ2) is 5.88. The van der Waals surface area contributed by atoms with Crippen LogP contribution in [0, 0.1) is 0 Å². The van der Waals surface area contributed by atoms with Crippen molar-refractivity contribution < 1.29 is 9.53 Å². The summed E-state index contributed by atoms with van der Waals surface area (Å²) in [6.07, 6.45) is 6.49. The van der Waals surface area contributed by atoms with Gasteiger partial charge in [0.2, 0.25) is 0 Å². The van der Waals surface area contributed by atoms with E-state index in [2.05, 4.69) is 15.2 Å². The second-order valence-corrected chi connectivity index (χ2v) is 7.51. The van der Waals surface area contributed by atoms with Crippen LogP contribution in [-0.2, 0) is 17.6 Å². The Balaban J connectivity index is 1.67. The minimum Gasteiger partial charge on any atom is -0.465 e. The van der Waals surface area contributed by atoms with Crippen molar-refractivity contribution in [2.75, 3.05) is 7.11 Å². The Morgan fingerprint density at radius 2 is 1.96 bits per heavy atom. The third-order valence-electron chi connectivity index (χ3n) is 4.93. The fourth-order valence-electron chi connectivity index (χ4n) is 3.62. The number of esters is 1. The SMILES string of the molecule is COC(=O)c1ccc(-c2nnc3c4c5c(sc4ncn23)CCCC5)cc1. The van der Waals surface area contributed by atoms with Crippen LogP contribution >= 0.6 is 11.3 Å². The smallest absolute Gasteiger partial charge is 0.337 e. The summed E-state index contributed by atoms with van der Waals surface area (Å²) in [5.41, 5.74) is 3.66. The molecule has 0 unspecified atom stereocenters. The van der Waals surface area contributed by atoms with Crippen LogP contribution in [0.2, 0.25) is 0 Å². The molecule has 0 saturated carbocycles. The summed E-state index contributed by atoms with van der Waals surface area (Å²) in [7, 11) is 1.38. The zero-order valence-corrected chi connectivity index (χ0v) is 15.0. The van der Waals surface area contributed by atoms with E-state index in [4.69, 9.17) is 4.74 Å². The van der Waals surface area contributed by atoms with Gasteiger partial charge in [-0.1, -0.05) is 12.1 Å². The van der Waals surface area contributed by atoms with Gasteiger partial charge in [-0.05, 0) is 43.4 Å². The Hall–Kier alpha value is -2.80. The molecular weight excluding hydrogens is 348 g/mol. The highest BCUT2D eigenvalue weighted by molar-refractivity contribution is 7.19. The van der Waals surface area contributed by atoms with Gasteiger partial charge in [-0.2, -0.15) is 0 Å². The number of thiophene rings is 1. The largest absolute Gasteiger partial charge is 0.465 e. The first-order chi connectivity index (χ1) is 12.8. The summed E-state index contributed by atoms with van der Waals surface area (Å²) in [5.74, 6) is 0.373. The fraction of sp³-hybridized carbons (Fsp3) is 0.263. The van der Waals surface area contributed by atoms with Gasteiger partial charge in [0.1, 0.15) is 11.2 Å². The Morgan fingerprint density at radius 3 is 2.77 bits per heavy atom. The molecule has 4 aromatic rings. The van der Waals surface area contributed by atoms with E-state index in [1.165, 1.54) is 30.4 Å². The number of hydrogen-bond acceptors (Lipinski definition) is 6. The number of carbonyl (C=O) groups is 1. The standard InChI is InChI=1S/C19H16N4O2S/c1-25-19(24)12-8-6-11(7-9-12)16-21-22-17-15-13-4-2-3-5-14(13)26-18(15)20-10-23(16)17/h6-10H,2-5H2,1H3. The molecule has 130 valence electrons. The first-order valence-corrected chi connectivity index (χ1v) is 9.40. The number of hydrogen-bond donors (Lipinski definition) is 0. The van der Waals surface area contributed by atoms with Gasteiger partial charge in [-0.3, -0.25) is 4.40 Å². The van der Waals surface area contributed by atoms with E-state index in [0.717, 1.165) is 40.1 Å². The lowest BCUT2D eigenvalue weighted by molar-refractivity contribution is 0.0601. The third-order valence-corrected chi connectivity index (χ3v) is 6.13. The molecule has 7 heteroatoms. The number of nitrogens with zero attached hydrogens (tertiary/aromatic N) is 4. The van der Waals surface area contributed by atoms with Crippen LogP contribution < -0.4 is 0 Å². The van der Waals surface area contributed by atoms with Gasteiger partial charge < -0.3 is 4.74 Å². The Bertz CT molecular complexity index is 1140. The number of aryl methyl sites for hydroxylation is 2. The van der Waals surface area contributed by atoms with Crippen molar-refractivity contribution in [1.82, 2.24) is 19.6 Å². The number of ether oxygens (including phenoxy) is 1. The van der Waals surface area contributed by atoms with Gasteiger partial charge >= 0.3 is 5.97 Å². The van der Waals surface area contributed by atoms with Crippen molar-refractivity contribution in [1.29, 1.82) is 0 Å². The van der Waals surface area contributed by atoms with Crippen molar-refractivity contribution in [2.24, 2.45) is 0 Å². The summed E-state index contributed by atoms with van der Waals surface area (Å²) in [6, 6.07) is 7.19. The maximum atomic E-state index is 11.6. The minimum absolute atomic E-state index is 0.351. The lowest BCUT2D eigenvalue weighted by Gasteiger charge is -2.10. The lowest BCUT2D eigenvalue weighted by atomic mass is 9.97. The van der Waals surface area contributed by atoms with Crippen molar-refractivity contribution >= 4 is 33.2 Å². The molecule has 0 spiro atoms. The molecule has 3 heterocycles. The zero-order chi connectivity index (χ0) is 17.7. The molecule has 0 radical (unpaired) electrons. The summed E-state index contributed by atoms with van der Waals surface area (Å²) >= 11 is 1.78. The van der Waals surface area contributed by atoms with Crippen LogP contribution in [0.25, 0.3) is 27.3 Å². The van der Waals surface area contributed by atoms with Crippen LogP contribution in [0.4, 0.5) is 0 Å². The molecule has 1 aliphatic rings. The highest BCUT2D eigenvalue weighted by Gasteiger charge is 2.21. The topological polar surface area (TPSA) is 69.4 Å². The molecule has 3 aromatic heterocycles. The van der Waals surface area contributed by atoms with E-state index in [1.807, 2.05) is 16.5 Å². The van der Waals surface area contributed by atoms with E-state index in [1.54, 1.807) is 29.8 Å². The van der Waals surface area contributed by atoms with Gasteiger partial charge in [0.25, 0.3) is 0 Å². The van der Waals surface area contributed by atoms with Crippen molar-refractivity contribution in [3.8, 4) is 11.4 Å². The van der Waals surface area contributed by atoms with E-state index >= 15 is 0 Å². The number of benzene rings is 1. The lowest BCUT2D eigenvalue weighted by Crippen LogP contribution is -2.01. The summed E-state index contributed by atoms with van der Waals surface area (Å²) in [5, 5.41) is 10.0. The monoisotopic (exact) mass is 364 g/mol. The van der Waals surface area contributed by atoms with Crippen molar-refractivity contribution in [3.05, 3.63) is 46.6 Å². The Morgan fingerprint density at radius 1 is 1.15 bits per heavy atom. The minimum atomic E-state index is -0.351. The van der Waals surface area contributed by atoms with Gasteiger partial charge in [-0.25, -0.2) is 9.78 Å². The Labute approximate surface area is 153 Å². The van der Waals surface area contributed by atoms with Gasteiger partial charge in [0, 0.05) is 10.4 Å². The average molecular weight is 364 g/mol. The van der Waals surface area contributed by atoms with Gasteiger partial charge in [0.15, 0.2) is 11.5 Å². The number of fused-ring (bicyclic) bond motifs is 5. The molecule has 0 saturated heterocycles. The molecule has 0 fully saturated rings. The van der Waals surface area contributed by atoms with Crippen LogP contribution in [0.15, 0.2) is 30.6 Å². The third kappa shape index (κ3) is 2.24. The highest BCUT2D eigenvalue weighted by atomic mass is 32.1. The quantitative estimate of drug-likeness (QED) is 0.508. The predicted octanol–water partition coefficient (Wildman–Crippen LogP) is 3.67.